The van der Waals surface area contributed by atoms with Gasteiger partial charge in [-0.05, 0) is 31.0 Å². The van der Waals surface area contributed by atoms with Gasteiger partial charge in [0.1, 0.15) is 5.75 Å². The first kappa shape index (κ1) is 17.4. The predicted molar refractivity (Wildman–Crippen MR) is 84.0 cm³/mol. The Hall–Kier alpha value is -1.69. The van der Waals surface area contributed by atoms with Crippen LogP contribution in [0.3, 0.4) is 0 Å². The summed E-state index contributed by atoms with van der Waals surface area (Å²) >= 11 is 1.28. The van der Waals surface area contributed by atoms with E-state index in [0.717, 1.165) is 16.9 Å². The first-order valence-corrected chi connectivity index (χ1v) is 7.91. The highest BCUT2D eigenvalue weighted by Crippen LogP contribution is 2.19. The molecule has 1 amide bonds. The van der Waals surface area contributed by atoms with Crippen molar-refractivity contribution in [1.29, 1.82) is 0 Å². The van der Waals surface area contributed by atoms with Gasteiger partial charge in [-0.25, -0.2) is 0 Å². The van der Waals surface area contributed by atoms with Crippen molar-refractivity contribution in [2.45, 2.75) is 20.3 Å². The van der Waals surface area contributed by atoms with Gasteiger partial charge in [-0.3, -0.25) is 9.59 Å². The van der Waals surface area contributed by atoms with Crippen LogP contribution in [-0.4, -0.2) is 41.6 Å². The van der Waals surface area contributed by atoms with Crippen molar-refractivity contribution in [2.75, 3.05) is 24.7 Å². The number of carboxylic acids is 1. The van der Waals surface area contributed by atoms with Crippen LogP contribution in [0, 0.1) is 13.8 Å². The second-order valence-corrected chi connectivity index (χ2v) is 5.77. The Morgan fingerprint density at radius 2 is 2.10 bits per heavy atom. The molecule has 5 nitrogen and oxygen atoms in total. The molecule has 6 heteroatoms. The Balaban J connectivity index is 2.16. The number of thioether (sulfide) groups is 1. The minimum atomic E-state index is -0.840. The molecule has 0 unspecified atom stereocenters. The van der Waals surface area contributed by atoms with E-state index in [4.69, 9.17) is 9.84 Å². The quantitative estimate of drug-likeness (QED) is 0.682. The molecule has 1 aromatic rings. The van der Waals surface area contributed by atoms with Gasteiger partial charge in [-0.1, -0.05) is 12.1 Å². The van der Waals surface area contributed by atoms with Crippen LogP contribution >= 0.6 is 11.8 Å². The largest absolute Gasteiger partial charge is 0.493 e. The van der Waals surface area contributed by atoms with Gasteiger partial charge in [0, 0.05) is 12.3 Å². The molecular formula is C15H21NO4S. The van der Waals surface area contributed by atoms with Gasteiger partial charge >= 0.3 is 5.97 Å². The van der Waals surface area contributed by atoms with E-state index in [1.165, 1.54) is 11.8 Å². The molecule has 0 spiro atoms. The number of carboxylic acid groups (broad SMARTS) is 1. The predicted octanol–water partition coefficient (Wildman–Crippen LogP) is 2.01. The third-order valence-electron chi connectivity index (χ3n) is 2.72. The third-order valence-corrected chi connectivity index (χ3v) is 3.67. The van der Waals surface area contributed by atoms with Crippen LogP contribution in [0.25, 0.3) is 0 Å². The number of benzene rings is 1. The number of rotatable bonds is 9. The molecule has 1 aromatic carbocycles. The minimum Gasteiger partial charge on any atom is -0.493 e. The summed E-state index contributed by atoms with van der Waals surface area (Å²) in [4.78, 5) is 21.9. The Labute approximate surface area is 129 Å². The molecule has 0 aliphatic rings. The molecule has 0 aromatic heterocycles. The van der Waals surface area contributed by atoms with E-state index < -0.39 is 5.97 Å². The van der Waals surface area contributed by atoms with Gasteiger partial charge < -0.3 is 15.2 Å². The van der Waals surface area contributed by atoms with E-state index in [9.17, 15) is 9.59 Å². The molecule has 0 radical (unpaired) electrons. The summed E-state index contributed by atoms with van der Waals surface area (Å²) in [7, 11) is 0. The maximum atomic E-state index is 11.6. The van der Waals surface area contributed by atoms with Crippen LogP contribution in [0.15, 0.2) is 18.2 Å². The second-order valence-electron chi connectivity index (χ2n) is 4.66. The van der Waals surface area contributed by atoms with Gasteiger partial charge in [-0.2, -0.15) is 0 Å². The molecule has 2 N–H and O–H groups in total. The number of nitrogens with one attached hydrogen (secondary N) is 1. The fraction of sp³-hybridized carbons (Fsp3) is 0.467. The zero-order valence-corrected chi connectivity index (χ0v) is 13.2. The molecule has 116 valence electrons. The van der Waals surface area contributed by atoms with Crippen molar-refractivity contribution in [1.82, 2.24) is 5.32 Å². The summed E-state index contributed by atoms with van der Waals surface area (Å²) in [5.74, 6) is 0.533. The van der Waals surface area contributed by atoms with E-state index in [2.05, 4.69) is 5.32 Å². The lowest BCUT2D eigenvalue weighted by atomic mass is 10.1. The highest BCUT2D eigenvalue weighted by atomic mass is 32.2. The summed E-state index contributed by atoms with van der Waals surface area (Å²) in [6.45, 7) is 4.76. The lowest BCUT2D eigenvalue weighted by Crippen LogP contribution is -2.27. The monoisotopic (exact) mass is 311 g/mol. The van der Waals surface area contributed by atoms with Crippen molar-refractivity contribution in [3.8, 4) is 5.75 Å². The van der Waals surface area contributed by atoms with Gasteiger partial charge in [0.25, 0.3) is 0 Å². The Bertz CT molecular complexity index is 491. The lowest BCUT2D eigenvalue weighted by molar-refractivity contribution is -0.133. The van der Waals surface area contributed by atoms with E-state index in [-0.39, 0.29) is 18.1 Å². The van der Waals surface area contributed by atoms with E-state index in [0.29, 0.717) is 18.9 Å². The molecule has 0 saturated carbocycles. The van der Waals surface area contributed by atoms with Crippen LogP contribution in [0.5, 0.6) is 5.75 Å². The average Bonchev–Trinajstić information content (AvgIpc) is 2.42. The van der Waals surface area contributed by atoms with Crippen LogP contribution in [-0.2, 0) is 9.59 Å². The summed E-state index contributed by atoms with van der Waals surface area (Å²) in [6, 6.07) is 5.96. The van der Waals surface area contributed by atoms with Crippen LogP contribution in [0.4, 0.5) is 0 Å². The number of aliphatic carboxylic acids is 1. The molecule has 0 aliphatic carbocycles. The molecule has 1 rings (SSSR count). The molecule has 0 atom stereocenters. The average molecular weight is 311 g/mol. The summed E-state index contributed by atoms with van der Waals surface area (Å²) in [5, 5.41) is 11.2. The fourth-order valence-electron chi connectivity index (χ4n) is 1.63. The summed E-state index contributed by atoms with van der Waals surface area (Å²) in [5.41, 5.74) is 2.17. The number of hydrogen-bond acceptors (Lipinski definition) is 4. The molecule has 0 heterocycles. The van der Waals surface area contributed by atoms with E-state index in [1.54, 1.807) is 0 Å². The molecule has 0 aliphatic heterocycles. The molecular weight excluding hydrogens is 290 g/mol. The molecule has 0 fully saturated rings. The smallest absolute Gasteiger partial charge is 0.313 e. The molecule has 21 heavy (non-hydrogen) atoms. The van der Waals surface area contributed by atoms with Crippen molar-refractivity contribution >= 4 is 23.6 Å². The highest BCUT2D eigenvalue weighted by molar-refractivity contribution is 7.99. The Morgan fingerprint density at radius 3 is 2.81 bits per heavy atom. The van der Waals surface area contributed by atoms with Crippen molar-refractivity contribution in [3.63, 3.8) is 0 Å². The van der Waals surface area contributed by atoms with Crippen LogP contribution < -0.4 is 10.1 Å². The van der Waals surface area contributed by atoms with Gasteiger partial charge in [-0.15, -0.1) is 11.8 Å². The summed E-state index contributed by atoms with van der Waals surface area (Å²) in [6.07, 6.45) is 0.289. The Kier molecular flexibility index (Phi) is 7.68. The number of hydrogen-bond donors (Lipinski definition) is 2. The fourth-order valence-corrected chi connectivity index (χ4v) is 2.19. The number of amides is 1. The first-order valence-electron chi connectivity index (χ1n) is 6.75. The highest BCUT2D eigenvalue weighted by Gasteiger charge is 2.04. The van der Waals surface area contributed by atoms with E-state index in [1.807, 2.05) is 32.0 Å². The zero-order chi connectivity index (χ0) is 15.7. The third kappa shape index (κ3) is 7.60. The Morgan fingerprint density at radius 1 is 1.33 bits per heavy atom. The first-order chi connectivity index (χ1) is 9.99. The topological polar surface area (TPSA) is 75.6 Å². The zero-order valence-electron chi connectivity index (χ0n) is 12.3. The van der Waals surface area contributed by atoms with Crippen molar-refractivity contribution in [3.05, 3.63) is 29.3 Å². The van der Waals surface area contributed by atoms with Crippen molar-refractivity contribution in [2.24, 2.45) is 0 Å². The molecule has 0 bridgehead atoms. The number of ether oxygens (including phenoxy) is 1. The van der Waals surface area contributed by atoms with Crippen LogP contribution in [0.1, 0.15) is 17.5 Å². The van der Waals surface area contributed by atoms with Gasteiger partial charge in [0.2, 0.25) is 5.91 Å². The van der Waals surface area contributed by atoms with Gasteiger partial charge in [0.15, 0.2) is 0 Å². The standard InChI is InChI=1S/C15H21NO4S/c1-11-3-4-12(2)13(9-11)20-7-5-14(17)16-6-8-21-10-15(18)19/h3-4,9H,5-8,10H2,1-2H3,(H,16,17)(H,18,19). The number of aryl methyl sites for hydroxylation is 2. The molecule has 0 saturated heterocycles. The maximum absolute atomic E-state index is 11.6. The van der Waals surface area contributed by atoms with Crippen molar-refractivity contribution < 1.29 is 19.4 Å². The SMILES string of the molecule is Cc1ccc(C)c(OCCC(=O)NCCSCC(=O)O)c1. The maximum Gasteiger partial charge on any atom is 0.313 e. The number of carbonyl (C=O) groups is 2. The van der Waals surface area contributed by atoms with Crippen LogP contribution in [0.2, 0.25) is 0 Å². The lowest BCUT2D eigenvalue weighted by Gasteiger charge is -2.10. The second kappa shape index (κ2) is 9.28. The minimum absolute atomic E-state index is 0.0611. The number of carbonyl (C=O) groups excluding carboxylic acids is 1. The summed E-state index contributed by atoms with van der Waals surface area (Å²) < 4.78 is 5.60. The van der Waals surface area contributed by atoms with Gasteiger partial charge in [0.05, 0.1) is 18.8 Å². The van der Waals surface area contributed by atoms with E-state index >= 15 is 0 Å². The normalized spacial score (nSPS) is 10.2.